The van der Waals surface area contributed by atoms with Crippen molar-refractivity contribution in [3.63, 3.8) is 0 Å². The molecule has 0 radical (unpaired) electrons. The van der Waals surface area contributed by atoms with E-state index in [0.717, 1.165) is 18.8 Å². The summed E-state index contributed by atoms with van der Waals surface area (Å²) in [4.78, 5) is 2.69. The second-order valence-electron chi connectivity index (χ2n) is 7.27. The number of rotatable bonds is 5. The number of furan rings is 1. The van der Waals surface area contributed by atoms with E-state index >= 15 is 0 Å². The molecule has 2 aliphatic carbocycles. The van der Waals surface area contributed by atoms with Crippen LogP contribution in [0.5, 0.6) is 0 Å². The van der Waals surface area contributed by atoms with Crippen molar-refractivity contribution < 1.29 is 4.42 Å². The quantitative estimate of drug-likeness (QED) is 0.894. The molecule has 1 unspecified atom stereocenters. The van der Waals surface area contributed by atoms with Crippen molar-refractivity contribution in [1.82, 2.24) is 4.90 Å². The molecular weight excluding hydrogens is 248 g/mol. The van der Waals surface area contributed by atoms with Gasteiger partial charge in [-0.05, 0) is 43.2 Å². The van der Waals surface area contributed by atoms with Gasteiger partial charge in [-0.25, -0.2) is 0 Å². The van der Waals surface area contributed by atoms with E-state index in [1.54, 1.807) is 6.26 Å². The fourth-order valence-electron chi connectivity index (χ4n) is 4.17. The van der Waals surface area contributed by atoms with Crippen LogP contribution in [0.2, 0.25) is 0 Å². The zero-order valence-corrected chi connectivity index (χ0v) is 12.9. The Kier molecular flexibility index (Phi) is 3.67. The van der Waals surface area contributed by atoms with Gasteiger partial charge >= 0.3 is 0 Å². The number of hydrogen-bond donors (Lipinski definition) is 1. The first kappa shape index (κ1) is 14.2. The molecule has 2 aliphatic rings. The van der Waals surface area contributed by atoms with E-state index in [-0.39, 0.29) is 11.0 Å². The van der Waals surface area contributed by atoms with Crippen molar-refractivity contribution in [2.24, 2.45) is 11.1 Å². The molecule has 0 saturated heterocycles. The highest BCUT2D eigenvalue weighted by atomic mass is 16.3. The van der Waals surface area contributed by atoms with Gasteiger partial charge in [-0.2, -0.15) is 0 Å². The van der Waals surface area contributed by atoms with Crippen LogP contribution in [-0.2, 0) is 6.54 Å². The third-order valence-corrected chi connectivity index (χ3v) is 5.68. The minimum atomic E-state index is 0.138. The SMILES string of the molecule is CC1(C)CCCCC1(CN)N(Cc1ccco1)C1CC1. The Morgan fingerprint density at radius 2 is 2.05 bits per heavy atom. The van der Waals surface area contributed by atoms with Gasteiger partial charge in [0.25, 0.3) is 0 Å². The van der Waals surface area contributed by atoms with Gasteiger partial charge in [-0.3, -0.25) is 4.90 Å². The lowest BCUT2D eigenvalue weighted by Crippen LogP contribution is -2.64. The van der Waals surface area contributed by atoms with Crippen LogP contribution in [0.25, 0.3) is 0 Å². The molecule has 1 aromatic rings. The number of nitrogens with two attached hydrogens (primary N) is 1. The van der Waals surface area contributed by atoms with Gasteiger partial charge in [0.15, 0.2) is 0 Å². The van der Waals surface area contributed by atoms with E-state index in [2.05, 4.69) is 24.8 Å². The Labute approximate surface area is 122 Å². The van der Waals surface area contributed by atoms with Crippen LogP contribution in [0.3, 0.4) is 0 Å². The third-order valence-electron chi connectivity index (χ3n) is 5.68. The van der Waals surface area contributed by atoms with Crippen molar-refractivity contribution in [3.05, 3.63) is 24.2 Å². The Morgan fingerprint density at radius 3 is 2.60 bits per heavy atom. The van der Waals surface area contributed by atoms with Gasteiger partial charge in [0, 0.05) is 18.1 Å². The average molecular weight is 276 g/mol. The van der Waals surface area contributed by atoms with Crippen LogP contribution in [0, 0.1) is 5.41 Å². The molecule has 0 amide bonds. The largest absolute Gasteiger partial charge is 0.468 e. The second-order valence-corrected chi connectivity index (χ2v) is 7.27. The maximum absolute atomic E-state index is 6.34. The van der Waals surface area contributed by atoms with Crippen LogP contribution in [0.15, 0.2) is 22.8 Å². The first-order valence-electron chi connectivity index (χ1n) is 8.08. The van der Waals surface area contributed by atoms with Crippen molar-refractivity contribution in [2.75, 3.05) is 6.54 Å². The van der Waals surface area contributed by atoms with E-state index in [0.29, 0.717) is 6.04 Å². The summed E-state index contributed by atoms with van der Waals surface area (Å²) in [5.41, 5.74) is 6.76. The van der Waals surface area contributed by atoms with Gasteiger partial charge in [-0.1, -0.05) is 26.7 Å². The molecule has 0 aromatic carbocycles. The monoisotopic (exact) mass is 276 g/mol. The first-order chi connectivity index (χ1) is 9.59. The van der Waals surface area contributed by atoms with Crippen LogP contribution in [0.4, 0.5) is 0 Å². The Morgan fingerprint density at radius 1 is 1.30 bits per heavy atom. The van der Waals surface area contributed by atoms with E-state index < -0.39 is 0 Å². The van der Waals surface area contributed by atoms with Crippen LogP contribution >= 0.6 is 0 Å². The van der Waals surface area contributed by atoms with Gasteiger partial charge in [0.2, 0.25) is 0 Å². The van der Waals surface area contributed by atoms with Crippen molar-refractivity contribution in [1.29, 1.82) is 0 Å². The van der Waals surface area contributed by atoms with Gasteiger partial charge in [0.05, 0.1) is 12.8 Å². The summed E-state index contributed by atoms with van der Waals surface area (Å²) >= 11 is 0. The minimum Gasteiger partial charge on any atom is -0.468 e. The van der Waals surface area contributed by atoms with Crippen molar-refractivity contribution in [2.45, 2.75) is 70.5 Å². The highest BCUT2D eigenvalue weighted by molar-refractivity contribution is 5.11. The molecule has 20 heavy (non-hydrogen) atoms. The van der Waals surface area contributed by atoms with Crippen LogP contribution < -0.4 is 5.73 Å². The molecule has 0 spiro atoms. The summed E-state index contributed by atoms with van der Waals surface area (Å²) < 4.78 is 5.61. The predicted octanol–water partition coefficient (Wildman–Crippen LogP) is 3.54. The molecule has 3 heteroatoms. The van der Waals surface area contributed by atoms with E-state index in [4.69, 9.17) is 10.2 Å². The number of nitrogens with zero attached hydrogens (tertiary/aromatic N) is 1. The van der Waals surface area contributed by atoms with Gasteiger partial charge < -0.3 is 10.2 Å². The van der Waals surface area contributed by atoms with E-state index in [9.17, 15) is 0 Å². The smallest absolute Gasteiger partial charge is 0.117 e. The molecule has 0 aliphatic heterocycles. The van der Waals surface area contributed by atoms with E-state index in [1.165, 1.54) is 38.5 Å². The fourth-order valence-corrected chi connectivity index (χ4v) is 4.17. The molecule has 112 valence electrons. The summed E-state index contributed by atoms with van der Waals surface area (Å²) in [7, 11) is 0. The zero-order chi connectivity index (χ0) is 14.2. The van der Waals surface area contributed by atoms with Crippen LogP contribution in [0.1, 0.15) is 58.1 Å². The number of hydrogen-bond acceptors (Lipinski definition) is 3. The average Bonchev–Trinajstić information content (AvgIpc) is 3.14. The normalized spacial score (nSPS) is 29.8. The molecule has 3 rings (SSSR count). The van der Waals surface area contributed by atoms with Crippen molar-refractivity contribution in [3.8, 4) is 0 Å². The summed E-state index contributed by atoms with van der Waals surface area (Å²) in [5.74, 6) is 1.08. The summed E-state index contributed by atoms with van der Waals surface area (Å²) in [6.07, 6.45) is 9.58. The predicted molar refractivity (Wildman–Crippen MR) is 81.3 cm³/mol. The Bertz CT molecular complexity index is 436. The standard InChI is InChI=1S/C17H28N2O/c1-16(2)9-3-4-10-17(16,13-18)19(14-7-8-14)12-15-6-5-11-20-15/h5-6,11,14H,3-4,7-10,12-13,18H2,1-2H3. The summed E-state index contributed by atoms with van der Waals surface area (Å²) in [5, 5.41) is 0. The summed E-state index contributed by atoms with van der Waals surface area (Å²) in [6, 6.07) is 4.79. The van der Waals surface area contributed by atoms with Crippen LogP contribution in [-0.4, -0.2) is 23.0 Å². The molecule has 1 heterocycles. The van der Waals surface area contributed by atoms with E-state index in [1.807, 2.05) is 6.07 Å². The molecule has 2 saturated carbocycles. The van der Waals surface area contributed by atoms with Gasteiger partial charge in [-0.15, -0.1) is 0 Å². The maximum atomic E-state index is 6.34. The first-order valence-corrected chi connectivity index (χ1v) is 8.08. The highest BCUT2D eigenvalue weighted by Gasteiger charge is 2.53. The molecule has 0 bridgehead atoms. The molecular formula is C17H28N2O. The summed E-state index contributed by atoms with van der Waals surface area (Å²) in [6.45, 7) is 6.50. The third kappa shape index (κ3) is 2.31. The second kappa shape index (κ2) is 5.19. The molecule has 1 aromatic heterocycles. The topological polar surface area (TPSA) is 42.4 Å². The van der Waals surface area contributed by atoms with Gasteiger partial charge in [0.1, 0.15) is 5.76 Å². The Hall–Kier alpha value is -0.800. The lowest BCUT2D eigenvalue weighted by molar-refractivity contribution is -0.0576. The fraction of sp³-hybridized carbons (Fsp3) is 0.765. The lowest BCUT2D eigenvalue weighted by atomic mass is 9.62. The van der Waals surface area contributed by atoms with Crippen molar-refractivity contribution >= 4 is 0 Å². The Balaban J connectivity index is 1.90. The maximum Gasteiger partial charge on any atom is 0.117 e. The molecule has 2 fully saturated rings. The highest BCUT2D eigenvalue weighted by Crippen LogP contribution is 2.50. The lowest BCUT2D eigenvalue weighted by Gasteiger charge is -2.56. The molecule has 1 atom stereocenters. The minimum absolute atomic E-state index is 0.138. The molecule has 2 N–H and O–H groups in total. The molecule has 3 nitrogen and oxygen atoms in total. The zero-order valence-electron chi connectivity index (χ0n) is 12.9.